The minimum absolute atomic E-state index is 0.0761. The number of imide groups is 1. The summed E-state index contributed by atoms with van der Waals surface area (Å²) in [5.74, 6) is -0.769. The Morgan fingerprint density at radius 3 is 2.59 bits per heavy atom. The molecule has 2 amide bonds. The van der Waals surface area contributed by atoms with Gasteiger partial charge in [0.05, 0.1) is 22.0 Å². The van der Waals surface area contributed by atoms with Crippen LogP contribution in [-0.4, -0.2) is 27.1 Å². The quantitative estimate of drug-likeness (QED) is 0.314. The minimum atomic E-state index is -1.08. The highest BCUT2D eigenvalue weighted by molar-refractivity contribution is 8.18. The van der Waals surface area contributed by atoms with Gasteiger partial charge in [-0.05, 0) is 64.5 Å². The number of carbonyl (C=O) groups excluding carboxylic acids is 2. The van der Waals surface area contributed by atoms with Gasteiger partial charge in [-0.2, -0.15) is 0 Å². The molecule has 1 N–H and O–H groups in total. The normalized spacial score (nSPS) is 15.0. The molecule has 0 atom stereocenters. The smallest absolute Gasteiger partial charge is 0.335 e. The summed E-state index contributed by atoms with van der Waals surface area (Å²) < 4.78 is 5.78. The summed E-state index contributed by atoms with van der Waals surface area (Å²) in [5, 5.41) is 11.3. The molecule has 0 radical (unpaired) electrons. The van der Waals surface area contributed by atoms with Crippen molar-refractivity contribution in [2.45, 2.75) is 6.54 Å². The van der Waals surface area contributed by atoms with Crippen LogP contribution in [0.2, 0.25) is 5.02 Å². The number of hydrogen-bond acceptors (Lipinski definition) is 5. The van der Waals surface area contributed by atoms with Gasteiger partial charge in [0, 0.05) is 11.6 Å². The average molecular weight is 490 g/mol. The fourth-order valence-corrected chi connectivity index (χ4v) is 4.74. The molecule has 6 nitrogen and oxygen atoms in total. The first-order valence-electron chi connectivity index (χ1n) is 10.2. The van der Waals surface area contributed by atoms with E-state index in [1.165, 1.54) is 29.2 Å². The zero-order valence-electron chi connectivity index (χ0n) is 17.5. The molecular formula is C26H16ClNO5S. The fraction of sp³-hybridized carbons (Fsp3) is 0.0385. The first-order chi connectivity index (χ1) is 16.4. The Labute approximate surface area is 203 Å². The van der Waals surface area contributed by atoms with E-state index in [0.29, 0.717) is 22.1 Å². The zero-order valence-corrected chi connectivity index (χ0v) is 19.1. The van der Waals surface area contributed by atoms with Crippen molar-refractivity contribution in [1.29, 1.82) is 0 Å². The van der Waals surface area contributed by atoms with Crippen molar-refractivity contribution in [1.82, 2.24) is 4.90 Å². The number of carboxylic acids is 1. The van der Waals surface area contributed by atoms with Gasteiger partial charge >= 0.3 is 5.97 Å². The molecule has 0 aliphatic carbocycles. The Morgan fingerprint density at radius 1 is 1.00 bits per heavy atom. The minimum Gasteiger partial charge on any atom is -0.478 e. The number of thioether (sulfide) groups is 1. The molecule has 168 valence electrons. The third kappa shape index (κ3) is 4.23. The van der Waals surface area contributed by atoms with Gasteiger partial charge in [0.2, 0.25) is 0 Å². The lowest BCUT2D eigenvalue weighted by molar-refractivity contribution is -0.123. The van der Waals surface area contributed by atoms with Gasteiger partial charge in [-0.25, -0.2) is 4.79 Å². The van der Waals surface area contributed by atoms with Crippen LogP contribution in [0, 0.1) is 0 Å². The molecule has 1 saturated heterocycles. The van der Waals surface area contributed by atoms with Crippen molar-refractivity contribution in [2.75, 3.05) is 0 Å². The van der Waals surface area contributed by atoms with Crippen LogP contribution in [0.25, 0.3) is 28.2 Å². The van der Waals surface area contributed by atoms with Crippen molar-refractivity contribution in [2.24, 2.45) is 0 Å². The number of furan rings is 1. The molecule has 1 fully saturated rings. The molecule has 0 saturated carbocycles. The molecule has 0 unspecified atom stereocenters. The molecule has 3 aromatic carbocycles. The van der Waals surface area contributed by atoms with Gasteiger partial charge in [-0.1, -0.05) is 48.0 Å². The van der Waals surface area contributed by atoms with Crippen LogP contribution in [0.3, 0.4) is 0 Å². The van der Waals surface area contributed by atoms with Crippen LogP contribution >= 0.6 is 23.4 Å². The Bertz CT molecular complexity index is 1510. The standard InChI is InChI=1S/C26H16ClNO5S/c27-21-9-7-18(25(30)31)12-20(21)22-10-8-19(33-22)13-23-24(29)28(26(32)34-23)14-15-5-6-16-3-1-2-4-17(16)11-15/h1-13H,14H2,(H,30,31). The largest absolute Gasteiger partial charge is 0.478 e. The SMILES string of the molecule is O=C(O)c1ccc(Cl)c(-c2ccc(C=C3SC(=O)N(Cc4ccc5ccccc5c4)C3=O)o2)c1. The second-order valence-corrected chi connectivity index (χ2v) is 9.05. The van der Waals surface area contributed by atoms with E-state index in [4.69, 9.17) is 16.0 Å². The van der Waals surface area contributed by atoms with Gasteiger partial charge in [0.25, 0.3) is 11.1 Å². The van der Waals surface area contributed by atoms with Crippen LogP contribution in [0.15, 0.2) is 82.1 Å². The predicted octanol–water partition coefficient (Wildman–Crippen LogP) is 6.69. The van der Waals surface area contributed by atoms with Crippen molar-refractivity contribution in [3.05, 3.63) is 99.6 Å². The van der Waals surface area contributed by atoms with E-state index in [0.717, 1.165) is 28.1 Å². The van der Waals surface area contributed by atoms with Crippen molar-refractivity contribution < 1.29 is 23.9 Å². The number of rotatable bonds is 5. The maximum absolute atomic E-state index is 12.9. The summed E-state index contributed by atoms with van der Waals surface area (Å²) in [7, 11) is 0. The summed E-state index contributed by atoms with van der Waals surface area (Å²) in [6.07, 6.45) is 1.50. The van der Waals surface area contributed by atoms with Gasteiger partial charge in [0.1, 0.15) is 11.5 Å². The lowest BCUT2D eigenvalue weighted by atomic mass is 10.1. The highest BCUT2D eigenvalue weighted by atomic mass is 35.5. The number of amides is 2. The Kier molecular flexibility index (Phi) is 5.73. The maximum Gasteiger partial charge on any atom is 0.335 e. The first-order valence-corrected chi connectivity index (χ1v) is 11.4. The molecule has 0 bridgehead atoms. The number of carbonyl (C=O) groups is 3. The van der Waals surface area contributed by atoms with Crippen molar-refractivity contribution in [3.63, 3.8) is 0 Å². The van der Waals surface area contributed by atoms with Crippen LogP contribution < -0.4 is 0 Å². The third-order valence-corrected chi connectivity index (χ3v) is 6.64. The topological polar surface area (TPSA) is 87.8 Å². The molecule has 1 aliphatic rings. The molecule has 5 rings (SSSR count). The summed E-state index contributed by atoms with van der Waals surface area (Å²) in [6.45, 7) is 0.174. The number of fused-ring (bicyclic) bond motifs is 1. The van der Waals surface area contributed by atoms with Crippen LogP contribution in [0.5, 0.6) is 0 Å². The van der Waals surface area contributed by atoms with Gasteiger partial charge < -0.3 is 9.52 Å². The average Bonchev–Trinajstić information content (AvgIpc) is 3.39. The lowest BCUT2D eigenvalue weighted by Gasteiger charge is -2.13. The van der Waals surface area contributed by atoms with Crippen LogP contribution in [0.1, 0.15) is 21.7 Å². The second-order valence-electron chi connectivity index (χ2n) is 7.65. The summed E-state index contributed by atoms with van der Waals surface area (Å²) in [4.78, 5) is 38.2. The van der Waals surface area contributed by atoms with Gasteiger partial charge in [0.15, 0.2) is 0 Å². The monoisotopic (exact) mass is 489 g/mol. The fourth-order valence-electron chi connectivity index (χ4n) is 3.71. The second kappa shape index (κ2) is 8.85. The number of benzene rings is 3. The van der Waals surface area contributed by atoms with Crippen molar-refractivity contribution >= 4 is 57.3 Å². The number of aromatic carboxylic acids is 1. The summed E-state index contributed by atoms with van der Waals surface area (Å²) >= 11 is 7.06. The molecule has 34 heavy (non-hydrogen) atoms. The predicted molar refractivity (Wildman–Crippen MR) is 132 cm³/mol. The highest BCUT2D eigenvalue weighted by Crippen LogP contribution is 2.35. The van der Waals surface area contributed by atoms with Gasteiger partial charge in [-0.3, -0.25) is 14.5 Å². The van der Waals surface area contributed by atoms with E-state index in [1.807, 2.05) is 42.5 Å². The van der Waals surface area contributed by atoms with Crippen molar-refractivity contribution in [3.8, 4) is 11.3 Å². The number of nitrogens with zero attached hydrogens (tertiary/aromatic N) is 1. The third-order valence-electron chi connectivity index (χ3n) is 5.41. The van der Waals surface area contributed by atoms with Crippen LogP contribution in [-0.2, 0) is 11.3 Å². The number of carboxylic acid groups (broad SMARTS) is 1. The zero-order chi connectivity index (χ0) is 23.8. The van der Waals surface area contributed by atoms with E-state index < -0.39 is 11.9 Å². The van der Waals surface area contributed by atoms with E-state index >= 15 is 0 Å². The number of halogens is 1. The Balaban J connectivity index is 1.37. The molecule has 1 aliphatic heterocycles. The van der Waals surface area contributed by atoms with E-state index in [2.05, 4.69) is 0 Å². The maximum atomic E-state index is 12.9. The summed E-state index contributed by atoms with van der Waals surface area (Å²) in [6, 6.07) is 21.3. The van der Waals surface area contributed by atoms with Crippen LogP contribution in [0.4, 0.5) is 4.79 Å². The molecule has 8 heteroatoms. The Morgan fingerprint density at radius 2 is 1.79 bits per heavy atom. The molecular weight excluding hydrogens is 474 g/mol. The van der Waals surface area contributed by atoms with E-state index in [9.17, 15) is 19.5 Å². The lowest BCUT2D eigenvalue weighted by Crippen LogP contribution is -2.27. The molecule has 0 spiro atoms. The molecule has 4 aromatic rings. The first kappa shape index (κ1) is 22.0. The number of hydrogen-bond donors (Lipinski definition) is 1. The van der Waals surface area contributed by atoms with Gasteiger partial charge in [-0.15, -0.1) is 0 Å². The molecule has 2 heterocycles. The van der Waals surface area contributed by atoms with E-state index in [1.54, 1.807) is 12.1 Å². The molecule has 1 aromatic heterocycles. The highest BCUT2D eigenvalue weighted by Gasteiger charge is 2.35. The van der Waals surface area contributed by atoms with E-state index in [-0.39, 0.29) is 22.3 Å². The Hall–Kier alpha value is -3.81. The summed E-state index contributed by atoms with van der Waals surface area (Å²) in [5.41, 5.74) is 1.35.